The third kappa shape index (κ3) is 5.53. The van der Waals surface area contributed by atoms with Gasteiger partial charge >= 0.3 is 7.82 Å². The van der Waals surface area contributed by atoms with Crippen LogP contribution in [0.2, 0.25) is 0 Å². The first-order valence-electron chi connectivity index (χ1n) is 9.19. The summed E-state index contributed by atoms with van der Waals surface area (Å²) in [6, 6.07) is -0.708. The minimum atomic E-state index is -4.54. The molecule has 172 valence electrons. The average molecular weight is 461 g/mol. The van der Waals surface area contributed by atoms with Crippen molar-refractivity contribution in [2.75, 3.05) is 18.9 Å². The molecule has 2 aromatic heterocycles. The number of anilines is 1. The molecule has 9 N–H and O–H groups in total. The third-order valence-corrected chi connectivity index (χ3v) is 5.56. The maximum absolute atomic E-state index is 12.0. The lowest BCUT2D eigenvalue weighted by Crippen LogP contribution is -2.33. The summed E-state index contributed by atoms with van der Waals surface area (Å²) in [6.07, 6.45) is -2.44. The van der Waals surface area contributed by atoms with Gasteiger partial charge in [-0.05, 0) is 6.42 Å². The molecule has 0 radical (unpaired) electrons. The van der Waals surface area contributed by atoms with Gasteiger partial charge in [0.2, 0.25) is 5.91 Å². The van der Waals surface area contributed by atoms with Crippen LogP contribution in [0.5, 0.6) is 0 Å². The van der Waals surface area contributed by atoms with E-state index in [1.165, 1.54) is 17.2 Å². The number of primary amides is 1. The van der Waals surface area contributed by atoms with Gasteiger partial charge in [-0.1, -0.05) is 0 Å². The van der Waals surface area contributed by atoms with Gasteiger partial charge in [0, 0.05) is 12.5 Å². The van der Waals surface area contributed by atoms with Gasteiger partial charge in [-0.25, -0.2) is 19.5 Å². The van der Waals surface area contributed by atoms with Gasteiger partial charge < -0.3 is 37.0 Å². The van der Waals surface area contributed by atoms with Gasteiger partial charge in [-0.2, -0.15) is 0 Å². The van der Waals surface area contributed by atoms with Crippen molar-refractivity contribution in [3.05, 3.63) is 12.7 Å². The van der Waals surface area contributed by atoms with Crippen molar-refractivity contribution in [3.63, 3.8) is 0 Å². The molecule has 2 aromatic rings. The number of imidazole rings is 1. The number of aliphatic hydroxyl groups excluding tert-OH is 2. The van der Waals surface area contributed by atoms with Crippen LogP contribution in [0.15, 0.2) is 12.7 Å². The van der Waals surface area contributed by atoms with E-state index in [0.29, 0.717) is 0 Å². The van der Waals surface area contributed by atoms with E-state index in [0.717, 1.165) is 0 Å². The topological polar surface area (TPSA) is 244 Å². The Kier molecular flexibility index (Phi) is 7.18. The van der Waals surface area contributed by atoms with Crippen LogP contribution in [0.1, 0.15) is 19.1 Å². The van der Waals surface area contributed by atoms with Crippen LogP contribution in [0.4, 0.5) is 5.82 Å². The lowest BCUT2D eigenvalue weighted by molar-refractivity contribution is -0.118. The Morgan fingerprint density at radius 3 is 2.74 bits per heavy atom. The number of ether oxygens (including phenoxy) is 1. The zero-order valence-corrected chi connectivity index (χ0v) is 17.1. The van der Waals surface area contributed by atoms with Crippen molar-refractivity contribution in [1.29, 1.82) is 0 Å². The molecule has 15 nitrogen and oxygen atoms in total. The highest BCUT2D eigenvalue weighted by Gasteiger charge is 2.45. The zero-order chi connectivity index (χ0) is 22.8. The van der Waals surface area contributed by atoms with E-state index in [4.69, 9.17) is 31.0 Å². The average Bonchev–Trinajstić information content (AvgIpc) is 3.26. The second kappa shape index (κ2) is 9.50. The minimum Gasteiger partial charge on any atom is -0.387 e. The predicted octanol–water partition coefficient (Wildman–Crippen LogP) is -2.25. The highest BCUT2D eigenvalue weighted by atomic mass is 31.2. The van der Waals surface area contributed by atoms with Crippen molar-refractivity contribution in [2.24, 2.45) is 11.5 Å². The summed E-state index contributed by atoms with van der Waals surface area (Å²) in [5.74, 6) is -0.428. The van der Waals surface area contributed by atoms with E-state index in [1.54, 1.807) is 0 Å². The van der Waals surface area contributed by atoms with Gasteiger partial charge in [-0.15, -0.1) is 0 Å². The van der Waals surface area contributed by atoms with E-state index < -0.39 is 50.9 Å². The molecule has 0 aromatic carbocycles. The Hall–Kier alpha value is -2.23. The Morgan fingerprint density at radius 1 is 1.29 bits per heavy atom. The molecule has 3 heterocycles. The van der Waals surface area contributed by atoms with Crippen molar-refractivity contribution in [1.82, 2.24) is 19.5 Å². The summed E-state index contributed by atoms with van der Waals surface area (Å²) < 4.78 is 28.6. The van der Waals surface area contributed by atoms with Crippen molar-refractivity contribution in [2.45, 2.75) is 43.4 Å². The second-order valence-corrected chi connectivity index (χ2v) is 8.41. The molecule has 1 fully saturated rings. The highest BCUT2D eigenvalue weighted by Crippen LogP contribution is 2.44. The summed E-state index contributed by atoms with van der Waals surface area (Å²) in [4.78, 5) is 32.4. The molecule has 3 rings (SSSR count). The maximum atomic E-state index is 12.0. The van der Waals surface area contributed by atoms with E-state index >= 15 is 0 Å². The first-order chi connectivity index (χ1) is 14.6. The van der Waals surface area contributed by atoms with Gasteiger partial charge in [0.25, 0.3) is 0 Å². The zero-order valence-electron chi connectivity index (χ0n) is 16.2. The molecule has 16 heteroatoms. The largest absolute Gasteiger partial charge is 0.472 e. The molecule has 6 atom stereocenters. The van der Waals surface area contributed by atoms with Crippen LogP contribution in [0, 0.1) is 0 Å². The number of aromatic nitrogens is 4. The van der Waals surface area contributed by atoms with Crippen LogP contribution in [-0.2, 0) is 23.1 Å². The number of rotatable bonds is 10. The third-order valence-electron chi connectivity index (χ3n) is 4.61. The molecule has 0 spiro atoms. The molecular weight excluding hydrogens is 437 g/mol. The molecule has 1 saturated heterocycles. The summed E-state index contributed by atoms with van der Waals surface area (Å²) in [7, 11) is -4.54. The minimum absolute atomic E-state index is 0.00198. The number of phosphoric acid groups is 1. The summed E-state index contributed by atoms with van der Waals surface area (Å²) in [5.41, 5.74) is 17.0. The van der Waals surface area contributed by atoms with Crippen LogP contribution in [0.3, 0.4) is 0 Å². The summed E-state index contributed by atoms with van der Waals surface area (Å²) in [5, 5.41) is 20.6. The fourth-order valence-corrected chi connectivity index (χ4v) is 3.75. The monoisotopic (exact) mass is 461 g/mol. The number of fused-ring (bicyclic) bond motifs is 1. The van der Waals surface area contributed by atoms with Gasteiger partial charge in [0.05, 0.1) is 19.5 Å². The number of aliphatic hydroxyl groups is 2. The van der Waals surface area contributed by atoms with E-state index in [2.05, 4.69) is 15.0 Å². The molecule has 0 bridgehead atoms. The smallest absolute Gasteiger partial charge is 0.387 e. The number of hydrogen-bond donors (Lipinski definition) is 6. The van der Waals surface area contributed by atoms with Crippen LogP contribution in [0.25, 0.3) is 11.2 Å². The number of nitrogens with two attached hydrogens (primary N) is 3. The number of amides is 1. The van der Waals surface area contributed by atoms with Crippen LogP contribution < -0.4 is 17.2 Å². The van der Waals surface area contributed by atoms with Crippen LogP contribution >= 0.6 is 7.82 Å². The number of hydrogen-bond acceptors (Lipinski definition) is 12. The van der Waals surface area contributed by atoms with E-state index in [-0.39, 0.29) is 36.4 Å². The SMILES string of the molecule is NC(=O)CCC(N)COP(=O)(O)OCC1OC(n2cnc3c(N)ncnc32)C(O)C1O. The van der Waals surface area contributed by atoms with Gasteiger partial charge in [0.15, 0.2) is 17.7 Å². The fourth-order valence-electron chi connectivity index (χ4n) is 2.96. The number of carbonyl (C=O) groups excluding carboxylic acids is 1. The molecule has 31 heavy (non-hydrogen) atoms. The predicted molar refractivity (Wildman–Crippen MR) is 104 cm³/mol. The first kappa shape index (κ1) is 23.4. The molecule has 6 unspecified atom stereocenters. The maximum Gasteiger partial charge on any atom is 0.472 e. The number of nitrogens with zero attached hydrogens (tertiary/aromatic N) is 4. The summed E-state index contributed by atoms with van der Waals surface area (Å²) in [6.45, 7) is -0.925. The normalized spacial score (nSPS) is 26.7. The fraction of sp³-hybridized carbons (Fsp3) is 0.600. The standard InChI is InChI=1S/C15H24N7O8P/c16-7(1-2-9(17)23)3-28-31(26,27)29-4-8-11(24)12(25)15(30-8)22-6-21-10-13(18)19-5-20-14(10)22/h5-8,11-12,15,24-25H,1-4,16H2,(H2,17,23)(H,26,27)(H2,18,19,20). The Labute approximate surface area is 175 Å². The highest BCUT2D eigenvalue weighted by molar-refractivity contribution is 7.47. The Bertz CT molecular complexity index is 974. The first-order valence-corrected chi connectivity index (χ1v) is 10.7. The molecule has 0 aliphatic carbocycles. The number of phosphoric ester groups is 1. The molecular formula is C15H24N7O8P. The molecule has 0 saturated carbocycles. The molecule has 1 aliphatic rings. The molecule has 1 aliphatic heterocycles. The Balaban J connectivity index is 1.58. The van der Waals surface area contributed by atoms with Crippen molar-refractivity contribution in [3.8, 4) is 0 Å². The van der Waals surface area contributed by atoms with E-state index in [9.17, 15) is 24.5 Å². The number of carbonyl (C=O) groups is 1. The lowest BCUT2D eigenvalue weighted by atomic mass is 10.1. The van der Waals surface area contributed by atoms with E-state index in [1.807, 2.05) is 0 Å². The molecule has 1 amide bonds. The van der Waals surface area contributed by atoms with Crippen molar-refractivity contribution >= 4 is 30.7 Å². The van der Waals surface area contributed by atoms with Gasteiger partial charge in [0.1, 0.15) is 30.2 Å². The van der Waals surface area contributed by atoms with Crippen LogP contribution in [-0.4, -0.2) is 78.1 Å². The number of nitrogen functional groups attached to an aromatic ring is 1. The summed E-state index contributed by atoms with van der Waals surface area (Å²) >= 11 is 0. The quantitative estimate of drug-likeness (QED) is 0.205. The second-order valence-electron chi connectivity index (χ2n) is 6.95. The lowest BCUT2D eigenvalue weighted by Gasteiger charge is -2.19. The van der Waals surface area contributed by atoms with Crippen molar-refractivity contribution < 1.29 is 38.3 Å². The van der Waals surface area contributed by atoms with Gasteiger partial charge in [-0.3, -0.25) is 18.4 Å². The Morgan fingerprint density at radius 2 is 2.03 bits per heavy atom.